The Kier molecular flexibility index (Phi) is 3.90. The largest absolute Gasteiger partial charge is 0.399 e. The molecule has 0 saturated carbocycles. The Labute approximate surface area is 115 Å². The van der Waals surface area contributed by atoms with Crippen molar-refractivity contribution in [3.05, 3.63) is 58.6 Å². The van der Waals surface area contributed by atoms with Crippen LogP contribution in [-0.2, 0) is 0 Å². The number of anilines is 2. The lowest BCUT2D eigenvalue weighted by Crippen LogP contribution is -2.10. The van der Waals surface area contributed by atoms with Crippen molar-refractivity contribution in [2.45, 2.75) is 13.0 Å². The van der Waals surface area contributed by atoms with E-state index in [1.54, 1.807) is 25.1 Å². The summed E-state index contributed by atoms with van der Waals surface area (Å²) in [6.07, 6.45) is 0. The topological polar surface area (TPSA) is 38.0 Å². The summed E-state index contributed by atoms with van der Waals surface area (Å²) >= 11 is 6.04. The van der Waals surface area contributed by atoms with E-state index in [2.05, 4.69) is 5.32 Å². The van der Waals surface area contributed by atoms with Gasteiger partial charge in [0.1, 0.15) is 5.69 Å². The van der Waals surface area contributed by atoms with Crippen LogP contribution in [0.25, 0.3) is 0 Å². The van der Waals surface area contributed by atoms with Crippen molar-refractivity contribution in [2.75, 3.05) is 11.1 Å². The third-order valence-corrected chi connectivity index (χ3v) is 3.14. The minimum atomic E-state index is -0.726. The maximum Gasteiger partial charge on any atom is 0.151 e. The second-order valence-corrected chi connectivity index (χ2v) is 4.65. The van der Waals surface area contributed by atoms with Crippen LogP contribution in [0.2, 0.25) is 5.02 Å². The van der Waals surface area contributed by atoms with E-state index in [1.165, 1.54) is 0 Å². The van der Waals surface area contributed by atoms with Crippen molar-refractivity contribution in [1.82, 2.24) is 0 Å². The van der Waals surface area contributed by atoms with Gasteiger partial charge in [0.15, 0.2) is 11.6 Å². The van der Waals surface area contributed by atoms with Gasteiger partial charge in [-0.3, -0.25) is 0 Å². The maximum atomic E-state index is 13.7. The molecule has 0 radical (unpaired) electrons. The fourth-order valence-corrected chi connectivity index (χ4v) is 2.15. The SMILES string of the molecule is CC(Nc1c(F)cc(N)cc1F)c1ccccc1Cl. The lowest BCUT2D eigenvalue weighted by molar-refractivity contribution is 0.585. The number of hydrogen-bond donors (Lipinski definition) is 2. The average Bonchev–Trinajstić information content (AvgIpc) is 2.34. The molecule has 0 aromatic heterocycles. The maximum absolute atomic E-state index is 13.7. The molecule has 0 amide bonds. The van der Waals surface area contributed by atoms with Gasteiger partial charge in [-0.15, -0.1) is 0 Å². The highest BCUT2D eigenvalue weighted by Crippen LogP contribution is 2.29. The van der Waals surface area contributed by atoms with E-state index in [0.717, 1.165) is 17.7 Å². The average molecular weight is 283 g/mol. The number of nitrogens with one attached hydrogen (secondary N) is 1. The lowest BCUT2D eigenvalue weighted by Gasteiger charge is -2.18. The van der Waals surface area contributed by atoms with Gasteiger partial charge in [-0.05, 0) is 30.7 Å². The van der Waals surface area contributed by atoms with Crippen LogP contribution in [-0.4, -0.2) is 0 Å². The predicted octanol–water partition coefficient (Wildman–Crippen LogP) is 4.37. The number of halogens is 3. The third-order valence-electron chi connectivity index (χ3n) is 2.80. The molecule has 0 spiro atoms. The molecule has 0 aliphatic rings. The minimum absolute atomic E-state index is 0.0472. The van der Waals surface area contributed by atoms with E-state index in [-0.39, 0.29) is 17.4 Å². The predicted molar refractivity (Wildman–Crippen MR) is 74.3 cm³/mol. The molecule has 0 fully saturated rings. The van der Waals surface area contributed by atoms with Gasteiger partial charge in [-0.1, -0.05) is 29.8 Å². The quantitative estimate of drug-likeness (QED) is 0.820. The summed E-state index contributed by atoms with van der Waals surface area (Å²) in [5.41, 5.74) is 5.97. The molecule has 3 N–H and O–H groups in total. The second-order valence-electron chi connectivity index (χ2n) is 4.25. The van der Waals surface area contributed by atoms with E-state index in [1.807, 2.05) is 6.07 Å². The van der Waals surface area contributed by atoms with Crippen LogP contribution in [0.1, 0.15) is 18.5 Å². The molecular weight excluding hydrogens is 270 g/mol. The Morgan fingerprint density at radius 2 is 1.74 bits per heavy atom. The Hall–Kier alpha value is -1.81. The highest BCUT2D eigenvalue weighted by Gasteiger charge is 2.15. The van der Waals surface area contributed by atoms with Crippen molar-refractivity contribution in [3.63, 3.8) is 0 Å². The number of hydrogen-bond acceptors (Lipinski definition) is 2. The lowest BCUT2D eigenvalue weighted by atomic mass is 10.1. The van der Waals surface area contributed by atoms with E-state index in [4.69, 9.17) is 17.3 Å². The Morgan fingerprint density at radius 1 is 1.16 bits per heavy atom. The van der Waals surface area contributed by atoms with Crippen LogP contribution >= 0.6 is 11.6 Å². The van der Waals surface area contributed by atoms with Crippen molar-refractivity contribution in [3.8, 4) is 0 Å². The van der Waals surface area contributed by atoms with Crippen molar-refractivity contribution >= 4 is 23.0 Å². The zero-order valence-corrected chi connectivity index (χ0v) is 11.0. The van der Waals surface area contributed by atoms with Crippen molar-refractivity contribution < 1.29 is 8.78 Å². The summed E-state index contributed by atoms with van der Waals surface area (Å²) in [5, 5.41) is 3.31. The summed E-state index contributed by atoms with van der Waals surface area (Å²) in [6, 6.07) is 8.95. The molecule has 1 atom stereocenters. The molecule has 2 nitrogen and oxygen atoms in total. The van der Waals surface area contributed by atoms with Crippen LogP contribution in [0.5, 0.6) is 0 Å². The zero-order valence-electron chi connectivity index (χ0n) is 10.3. The molecule has 2 rings (SSSR count). The van der Waals surface area contributed by atoms with Crippen LogP contribution < -0.4 is 11.1 Å². The van der Waals surface area contributed by atoms with Gasteiger partial charge in [0, 0.05) is 10.7 Å². The smallest absolute Gasteiger partial charge is 0.151 e. The summed E-state index contributed by atoms with van der Waals surface area (Å²) in [6.45, 7) is 1.77. The first-order chi connectivity index (χ1) is 8.99. The summed E-state index contributed by atoms with van der Waals surface area (Å²) in [4.78, 5) is 0. The van der Waals surface area contributed by atoms with Gasteiger partial charge in [-0.2, -0.15) is 0 Å². The zero-order chi connectivity index (χ0) is 14.0. The second kappa shape index (κ2) is 5.45. The van der Waals surface area contributed by atoms with Crippen molar-refractivity contribution in [2.24, 2.45) is 0 Å². The third kappa shape index (κ3) is 2.96. The molecule has 0 heterocycles. The number of benzene rings is 2. The van der Waals surface area contributed by atoms with Crippen LogP contribution in [0, 0.1) is 11.6 Å². The van der Waals surface area contributed by atoms with Gasteiger partial charge in [0.2, 0.25) is 0 Å². The summed E-state index contributed by atoms with van der Waals surface area (Å²) in [5.74, 6) is -1.45. The number of nitrogen functional groups attached to an aromatic ring is 1. The molecule has 2 aromatic rings. The van der Waals surface area contributed by atoms with Gasteiger partial charge >= 0.3 is 0 Å². The first-order valence-electron chi connectivity index (χ1n) is 5.74. The molecule has 100 valence electrons. The Balaban J connectivity index is 2.29. The summed E-state index contributed by atoms with van der Waals surface area (Å²) < 4.78 is 27.3. The van der Waals surface area contributed by atoms with Gasteiger partial charge in [0.05, 0.1) is 6.04 Å². The Morgan fingerprint density at radius 3 is 2.32 bits per heavy atom. The normalized spacial score (nSPS) is 12.2. The monoisotopic (exact) mass is 282 g/mol. The first-order valence-corrected chi connectivity index (χ1v) is 6.12. The standard InChI is InChI=1S/C14H13ClF2N2/c1-8(10-4-2-3-5-11(10)15)19-14-12(16)6-9(18)7-13(14)17/h2-8,19H,18H2,1H3. The van der Waals surface area contributed by atoms with Crippen LogP contribution in [0.3, 0.4) is 0 Å². The Bertz CT molecular complexity index is 579. The minimum Gasteiger partial charge on any atom is -0.399 e. The van der Waals surface area contributed by atoms with Gasteiger partial charge < -0.3 is 11.1 Å². The molecule has 0 aliphatic carbocycles. The summed E-state index contributed by atoms with van der Waals surface area (Å²) in [7, 11) is 0. The highest BCUT2D eigenvalue weighted by atomic mass is 35.5. The molecule has 19 heavy (non-hydrogen) atoms. The van der Waals surface area contributed by atoms with E-state index < -0.39 is 11.6 Å². The molecule has 0 bridgehead atoms. The molecule has 1 unspecified atom stereocenters. The highest BCUT2D eigenvalue weighted by molar-refractivity contribution is 6.31. The molecule has 0 aliphatic heterocycles. The molecule has 5 heteroatoms. The molecule has 2 aromatic carbocycles. The van der Waals surface area contributed by atoms with E-state index in [0.29, 0.717) is 5.02 Å². The molecule has 0 saturated heterocycles. The van der Waals surface area contributed by atoms with Gasteiger partial charge in [-0.25, -0.2) is 8.78 Å². The van der Waals surface area contributed by atoms with Crippen LogP contribution in [0.4, 0.5) is 20.2 Å². The van der Waals surface area contributed by atoms with Crippen LogP contribution in [0.15, 0.2) is 36.4 Å². The van der Waals surface area contributed by atoms with E-state index in [9.17, 15) is 8.78 Å². The van der Waals surface area contributed by atoms with Gasteiger partial charge in [0.25, 0.3) is 0 Å². The number of rotatable bonds is 3. The fourth-order valence-electron chi connectivity index (χ4n) is 1.85. The molecular formula is C14H13ClF2N2. The number of nitrogens with two attached hydrogens (primary N) is 1. The fraction of sp³-hybridized carbons (Fsp3) is 0.143. The first kappa shape index (κ1) is 13.6. The van der Waals surface area contributed by atoms with E-state index >= 15 is 0 Å². The van der Waals surface area contributed by atoms with Crippen molar-refractivity contribution in [1.29, 1.82) is 0 Å².